The number of benzene rings is 2. The van der Waals surface area contributed by atoms with Crippen molar-refractivity contribution in [3.05, 3.63) is 84.4 Å². The van der Waals surface area contributed by atoms with Crippen LogP contribution in [0, 0.1) is 0 Å². The van der Waals surface area contributed by atoms with Crippen LogP contribution in [0.15, 0.2) is 82.4 Å². The molecule has 152 valence electrons. The molecule has 0 N–H and O–H groups in total. The molecule has 0 fully saturated rings. The van der Waals surface area contributed by atoms with E-state index in [1.165, 1.54) is 6.26 Å². The molecule has 2 heterocycles. The number of carbonyl (C=O) groups excluding carboxylic acids is 1. The minimum absolute atomic E-state index is 0.0551. The van der Waals surface area contributed by atoms with Gasteiger partial charge in [-0.2, -0.15) is 0 Å². The number of nitrogens with zero attached hydrogens (tertiary/aromatic N) is 1. The Labute approximate surface area is 179 Å². The van der Waals surface area contributed by atoms with Gasteiger partial charge in [-0.25, -0.2) is 0 Å². The number of para-hydroxylation sites is 1. The Morgan fingerprint density at radius 3 is 2.63 bits per heavy atom. The summed E-state index contributed by atoms with van der Waals surface area (Å²) in [7, 11) is 3.21. The smallest absolute Gasteiger partial charge is 0.199 e. The predicted molar refractivity (Wildman–Crippen MR) is 118 cm³/mol. The molecule has 30 heavy (non-hydrogen) atoms. The normalized spacial score (nSPS) is 11.9. The van der Waals surface area contributed by atoms with E-state index in [-0.39, 0.29) is 17.5 Å². The molecule has 0 unspecified atom stereocenters. The monoisotopic (exact) mass is 419 g/mol. The Hall–Kier alpha value is -3.25. The summed E-state index contributed by atoms with van der Waals surface area (Å²) in [5.74, 6) is 1.58. The largest absolute Gasteiger partial charge is 0.493 e. The zero-order valence-electron chi connectivity index (χ0n) is 16.7. The molecule has 0 aliphatic heterocycles. The van der Waals surface area contributed by atoms with Gasteiger partial charge in [-0.05, 0) is 42.0 Å². The van der Waals surface area contributed by atoms with Crippen molar-refractivity contribution in [3.63, 3.8) is 0 Å². The molecule has 0 aliphatic carbocycles. The quantitative estimate of drug-likeness (QED) is 0.260. The van der Waals surface area contributed by atoms with E-state index in [9.17, 15) is 4.79 Å². The zero-order valence-corrected chi connectivity index (χ0v) is 17.5. The van der Waals surface area contributed by atoms with Gasteiger partial charge in [0, 0.05) is 28.1 Å². The number of Topliss-reactive ketones (excluding diaryl/α,β-unsaturated/α-hetero) is 1. The Morgan fingerprint density at radius 2 is 1.87 bits per heavy atom. The van der Waals surface area contributed by atoms with Crippen molar-refractivity contribution in [2.45, 2.75) is 16.6 Å². The Morgan fingerprint density at radius 1 is 1.03 bits per heavy atom. The molecule has 2 aromatic heterocycles. The van der Waals surface area contributed by atoms with Crippen LogP contribution in [0.4, 0.5) is 0 Å². The van der Waals surface area contributed by atoms with E-state index in [2.05, 4.69) is 4.98 Å². The number of aromatic nitrogens is 1. The molecule has 0 saturated carbocycles. The van der Waals surface area contributed by atoms with Gasteiger partial charge in [0.05, 0.1) is 26.0 Å². The minimum Gasteiger partial charge on any atom is -0.493 e. The van der Waals surface area contributed by atoms with Crippen LogP contribution in [0.2, 0.25) is 0 Å². The first-order valence-electron chi connectivity index (χ1n) is 9.48. The average molecular weight is 420 g/mol. The maximum atomic E-state index is 12.8. The second kappa shape index (κ2) is 9.05. The third kappa shape index (κ3) is 4.19. The van der Waals surface area contributed by atoms with E-state index in [1.807, 2.05) is 48.5 Å². The standard InChI is InChI=1S/C24H21NO4S/c1-27-20-11-10-17(14-21(20)28-2)23(15-18(26)19-8-5-13-29-19)30-22-9-3-6-16-7-4-12-25-24(16)22/h3-14,23H,15H2,1-2H3/t23-/m1/s1. The molecule has 0 spiro atoms. The Kier molecular flexibility index (Phi) is 6.05. The van der Waals surface area contributed by atoms with Crippen molar-refractivity contribution in [3.8, 4) is 11.5 Å². The number of furan rings is 1. The van der Waals surface area contributed by atoms with Crippen LogP contribution in [-0.4, -0.2) is 25.0 Å². The van der Waals surface area contributed by atoms with E-state index < -0.39 is 0 Å². The summed E-state index contributed by atoms with van der Waals surface area (Å²) < 4.78 is 16.2. The molecule has 6 heteroatoms. The zero-order chi connectivity index (χ0) is 20.9. The van der Waals surface area contributed by atoms with E-state index in [0.29, 0.717) is 17.3 Å². The van der Waals surface area contributed by atoms with Gasteiger partial charge in [-0.15, -0.1) is 11.8 Å². The lowest BCUT2D eigenvalue weighted by atomic mass is 10.1. The van der Waals surface area contributed by atoms with E-state index in [0.717, 1.165) is 21.4 Å². The van der Waals surface area contributed by atoms with Crippen LogP contribution in [0.1, 0.15) is 27.8 Å². The molecule has 1 atom stereocenters. The van der Waals surface area contributed by atoms with E-state index in [1.54, 1.807) is 44.3 Å². The number of ketones is 1. The number of methoxy groups -OCH3 is 2. The molecule has 0 bridgehead atoms. The second-order valence-corrected chi connectivity index (χ2v) is 7.90. The number of ether oxygens (including phenoxy) is 2. The number of rotatable bonds is 8. The van der Waals surface area contributed by atoms with Crippen LogP contribution in [0.25, 0.3) is 10.9 Å². The fourth-order valence-electron chi connectivity index (χ4n) is 3.31. The molecule has 5 nitrogen and oxygen atoms in total. The highest BCUT2D eigenvalue weighted by atomic mass is 32.2. The number of fused-ring (bicyclic) bond motifs is 1. The summed E-state index contributed by atoms with van der Waals surface area (Å²) in [6, 6.07) is 19.2. The number of carbonyl (C=O) groups is 1. The van der Waals surface area contributed by atoms with Crippen molar-refractivity contribution in [2.75, 3.05) is 14.2 Å². The minimum atomic E-state index is -0.157. The maximum Gasteiger partial charge on any atom is 0.199 e. The summed E-state index contributed by atoms with van der Waals surface area (Å²) in [5, 5.41) is 0.904. The van der Waals surface area contributed by atoms with Gasteiger partial charge in [-0.3, -0.25) is 9.78 Å². The first-order valence-corrected chi connectivity index (χ1v) is 10.4. The van der Waals surface area contributed by atoms with Crippen molar-refractivity contribution >= 4 is 28.4 Å². The highest BCUT2D eigenvalue weighted by molar-refractivity contribution is 7.99. The first kappa shape index (κ1) is 20.0. The number of hydrogen-bond acceptors (Lipinski definition) is 6. The van der Waals surface area contributed by atoms with Gasteiger partial charge in [0.2, 0.25) is 0 Å². The highest BCUT2D eigenvalue weighted by Crippen LogP contribution is 2.43. The molecule has 4 rings (SSSR count). The van der Waals surface area contributed by atoms with Gasteiger partial charge in [-0.1, -0.05) is 24.3 Å². The van der Waals surface area contributed by atoms with Crippen LogP contribution in [0.3, 0.4) is 0 Å². The lowest BCUT2D eigenvalue weighted by molar-refractivity contribution is 0.0955. The highest BCUT2D eigenvalue weighted by Gasteiger charge is 2.22. The molecular formula is C24H21NO4S. The summed E-state index contributed by atoms with van der Waals surface area (Å²) in [6.45, 7) is 0. The lowest BCUT2D eigenvalue weighted by Gasteiger charge is -2.19. The molecule has 0 aliphatic rings. The van der Waals surface area contributed by atoms with Crippen LogP contribution in [0.5, 0.6) is 11.5 Å². The summed E-state index contributed by atoms with van der Waals surface area (Å²) in [4.78, 5) is 18.4. The molecule has 0 amide bonds. The lowest BCUT2D eigenvalue weighted by Crippen LogP contribution is -2.05. The fraction of sp³-hybridized carbons (Fsp3) is 0.167. The number of hydrogen-bond donors (Lipinski definition) is 0. The Balaban J connectivity index is 1.72. The van der Waals surface area contributed by atoms with Gasteiger partial charge >= 0.3 is 0 Å². The fourth-order valence-corrected chi connectivity index (χ4v) is 4.57. The predicted octanol–water partition coefficient (Wildman–Crippen LogP) is 5.95. The van der Waals surface area contributed by atoms with Crippen molar-refractivity contribution in [2.24, 2.45) is 0 Å². The van der Waals surface area contributed by atoms with Gasteiger partial charge < -0.3 is 13.9 Å². The van der Waals surface area contributed by atoms with Crippen molar-refractivity contribution in [1.29, 1.82) is 0 Å². The van der Waals surface area contributed by atoms with Crippen molar-refractivity contribution in [1.82, 2.24) is 4.98 Å². The molecule has 0 saturated heterocycles. The SMILES string of the molecule is COc1ccc([C@@H](CC(=O)c2ccco2)Sc2cccc3cccnc23)cc1OC. The molecule has 4 aromatic rings. The van der Waals surface area contributed by atoms with E-state index >= 15 is 0 Å². The Bertz CT molecular complexity index is 1150. The third-order valence-electron chi connectivity index (χ3n) is 4.81. The molecular weight excluding hydrogens is 398 g/mol. The first-order chi connectivity index (χ1) is 14.7. The van der Waals surface area contributed by atoms with Crippen molar-refractivity contribution < 1.29 is 18.7 Å². The second-order valence-electron chi connectivity index (χ2n) is 6.66. The summed E-state index contributed by atoms with van der Waals surface area (Å²) >= 11 is 1.61. The topological polar surface area (TPSA) is 61.6 Å². The van der Waals surface area contributed by atoms with Gasteiger partial charge in [0.25, 0.3) is 0 Å². The van der Waals surface area contributed by atoms with Crippen LogP contribution in [-0.2, 0) is 0 Å². The molecule has 0 radical (unpaired) electrons. The summed E-state index contributed by atoms with van der Waals surface area (Å²) in [6.07, 6.45) is 3.57. The maximum absolute atomic E-state index is 12.8. The average Bonchev–Trinajstić information content (AvgIpc) is 3.33. The van der Waals surface area contributed by atoms with E-state index in [4.69, 9.17) is 13.9 Å². The molecule has 2 aromatic carbocycles. The third-order valence-corrected chi connectivity index (χ3v) is 6.12. The van der Waals surface area contributed by atoms with Crippen LogP contribution >= 0.6 is 11.8 Å². The van der Waals surface area contributed by atoms with Crippen LogP contribution < -0.4 is 9.47 Å². The summed E-state index contributed by atoms with van der Waals surface area (Å²) in [5.41, 5.74) is 1.88. The number of thioether (sulfide) groups is 1. The van der Waals surface area contributed by atoms with Gasteiger partial charge in [0.1, 0.15) is 0 Å². The van der Waals surface area contributed by atoms with Gasteiger partial charge in [0.15, 0.2) is 23.0 Å². The number of pyridine rings is 1.